The molecule has 2 aliphatic rings. The van der Waals surface area contributed by atoms with Crippen LogP contribution in [0.15, 0.2) is 24.3 Å². The van der Waals surface area contributed by atoms with Gasteiger partial charge in [-0.1, -0.05) is 51.4 Å². The van der Waals surface area contributed by atoms with Crippen molar-refractivity contribution in [2.24, 2.45) is 17.3 Å². The lowest BCUT2D eigenvalue weighted by Crippen LogP contribution is -2.60. The van der Waals surface area contributed by atoms with Gasteiger partial charge in [0.05, 0.1) is 5.60 Å². The van der Waals surface area contributed by atoms with Crippen LogP contribution in [-0.4, -0.2) is 58.7 Å². The van der Waals surface area contributed by atoms with E-state index in [0.29, 0.717) is 43.8 Å². The molecule has 1 aromatic carbocycles. The van der Waals surface area contributed by atoms with Gasteiger partial charge in [0.1, 0.15) is 11.6 Å². The van der Waals surface area contributed by atoms with Crippen molar-refractivity contribution in [1.29, 1.82) is 0 Å². The van der Waals surface area contributed by atoms with Crippen LogP contribution in [0.5, 0.6) is 0 Å². The van der Waals surface area contributed by atoms with Crippen LogP contribution < -0.4 is 10.6 Å². The quantitative estimate of drug-likeness (QED) is 0.480. The van der Waals surface area contributed by atoms with Crippen molar-refractivity contribution in [3.63, 3.8) is 0 Å². The Morgan fingerprint density at radius 1 is 1.13 bits per heavy atom. The number of carbonyl (C=O) groups is 3. The third-order valence-corrected chi connectivity index (χ3v) is 8.09. The van der Waals surface area contributed by atoms with Crippen LogP contribution >= 0.6 is 11.6 Å². The van der Waals surface area contributed by atoms with Crippen molar-refractivity contribution in [1.82, 2.24) is 15.5 Å². The van der Waals surface area contributed by atoms with E-state index in [9.17, 15) is 19.5 Å². The number of ether oxygens (including phenoxy) is 1. The third-order valence-electron chi connectivity index (χ3n) is 7.84. The third kappa shape index (κ3) is 7.00. The Balaban J connectivity index is 1.62. The molecule has 212 valence electrons. The van der Waals surface area contributed by atoms with Crippen molar-refractivity contribution >= 4 is 29.5 Å². The maximum Gasteiger partial charge on any atom is 0.407 e. The minimum atomic E-state index is -1.11. The van der Waals surface area contributed by atoms with Crippen LogP contribution in [-0.2, 0) is 19.9 Å². The molecular weight excluding hydrogens is 506 g/mol. The second-order valence-electron chi connectivity index (χ2n) is 12.8. The number of aliphatic hydroxyl groups is 1. The van der Waals surface area contributed by atoms with Crippen LogP contribution in [0.25, 0.3) is 0 Å². The predicted octanol–water partition coefficient (Wildman–Crippen LogP) is 4.62. The molecule has 0 radical (unpaired) electrons. The van der Waals surface area contributed by atoms with Gasteiger partial charge < -0.3 is 25.4 Å². The summed E-state index contributed by atoms with van der Waals surface area (Å²) >= 11 is 6.04. The maximum absolute atomic E-state index is 13.7. The lowest BCUT2D eigenvalue weighted by molar-refractivity contribution is -0.157. The second-order valence-corrected chi connectivity index (χ2v) is 13.3. The molecule has 1 saturated carbocycles. The minimum Gasteiger partial charge on any atom is -0.444 e. The highest BCUT2D eigenvalue weighted by Gasteiger charge is 2.50. The van der Waals surface area contributed by atoms with E-state index in [1.165, 1.54) is 0 Å². The van der Waals surface area contributed by atoms with Gasteiger partial charge in [-0.2, -0.15) is 0 Å². The van der Waals surface area contributed by atoms with E-state index in [-0.39, 0.29) is 29.7 Å². The summed E-state index contributed by atoms with van der Waals surface area (Å²) in [4.78, 5) is 40.7. The van der Waals surface area contributed by atoms with E-state index < -0.39 is 28.8 Å². The van der Waals surface area contributed by atoms with E-state index in [2.05, 4.69) is 10.6 Å². The van der Waals surface area contributed by atoms with Crippen LogP contribution in [0.3, 0.4) is 0 Å². The lowest BCUT2D eigenvalue weighted by Gasteiger charge is -2.51. The highest BCUT2D eigenvalue weighted by atomic mass is 35.5. The van der Waals surface area contributed by atoms with Crippen molar-refractivity contribution in [2.45, 2.75) is 97.4 Å². The van der Waals surface area contributed by atoms with Gasteiger partial charge in [0.15, 0.2) is 0 Å². The summed E-state index contributed by atoms with van der Waals surface area (Å²) in [6, 6.07) is 6.41. The predicted molar refractivity (Wildman–Crippen MR) is 148 cm³/mol. The van der Waals surface area contributed by atoms with Crippen LogP contribution in [0.4, 0.5) is 4.79 Å². The highest BCUT2D eigenvalue weighted by Crippen LogP contribution is 2.46. The van der Waals surface area contributed by atoms with Crippen molar-refractivity contribution in [3.8, 4) is 0 Å². The molecular formula is C29H44ClN3O5. The average molecular weight is 550 g/mol. The highest BCUT2D eigenvalue weighted by molar-refractivity contribution is 6.30. The number of piperidine rings is 1. The first-order valence-electron chi connectivity index (χ1n) is 13.6. The summed E-state index contributed by atoms with van der Waals surface area (Å²) in [7, 11) is 0. The summed E-state index contributed by atoms with van der Waals surface area (Å²) < 4.78 is 5.33. The summed E-state index contributed by atoms with van der Waals surface area (Å²) in [6.45, 7) is 13.9. The van der Waals surface area contributed by atoms with E-state index >= 15 is 0 Å². The lowest BCUT2D eigenvalue weighted by atomic mass is 9.66. The maximum atomic E-state index is 13.7. The Bertz CT molecular complexity index is 1020. The van der Waals surface area contributed by atoms with Crippen molar-refractivity contribution in [3.05, 3.63) is 34.9 Å². The molecule has 1 aliphatic heterocycles. The molecule has 1 aliphatic carbocycles. The monoisotopic (exact) mass is 549 g/mol. The van der Waals surface area contributed by atoms with Crippen molar-refractivity contribution in [2.75, 3.05) is 13.1 Å². The van der Waals surface area contributed by atoms with Gasteiger partial charge in [-0.15, -0.1) is 0 Å². The van der Waals surface area contributed by atoms with Crippen LogP contribution in [0.2, 0.25) is 5.02 Å². The molecule has 8 nitrogen and oxygen atoms in total. The number of halogens is 1. The van der Waals surface area contributed by atoms with E-state index in [1.807, 2.05) is 60.6 Å². The number of rotatable bonds is 6. The fourth-order valence-electron chi connectivity index (χ4n) is 5.58. The Labute approximate surface area is 231 Å². The molecule has 4 atom stereocenters. The summed E-state index contributed by atoms with van der Waals surface area (Å²) in [5.74, 6) is -0.694. The smallest absolute Gasteiger partial charge is 0.407 e. The molecule has 1 unspecified atom stereocenters. The molecule has 3 rings (SSSR count). The molecule has 0 bridgehead atoms. The van der Waals surface area contributed by atoms with Gasteiger partial charge in [-0.3, -0.25) is 9.59 Å². The largest absolute Gasteiger partial charge is 0.444 e. The Hall–Kier alpha value is -2.32. The van der Waals surface area contributed by atoms with Crippen LogP contribution in [0.1, 0.15) is 79.7 Å². The molecule has 1 heterocycles. The summed E-state index contributed by atoms with van der Waals surface area (Å²) in [5, 5.41) is 18.1. The number of amides is 3. The number of hydrogen-bond donors (Lipinski definition) is 3. The number of likely N-dealkylation sites (tertiary alicyclic amines) is 1. The van der Waals surface area contributed by atoms with E-state index in [1.54, 1.807) is 17.0 Å². The van der Waals surface area contributed by atoms with Gasteiger partial charge in [0.2, 0.25) is 11.8 Å². The molecule has 2 fully saturated rings. The molecule has 0 aromatic heterocycles. The SMILES string of the molecule is CC(C)[C@@H](NC(=O)[C@H]1CCC(NC(=O)OC(C)(C)C)C1)C(=O)N1CC[C@](O)(c2ccc(Cl)cc2)C(C)(C)C1. The number of hydrogen-bond acceptors (Lipinski definition) is 5. The topological polar surface area (TPSA) is 108 Å². The van der Waals surface area contributed by atoms with Gasteiger partial charge in [-0.25, -0.2) is 4.79 Å². The summed E-state index contributed by atoms with van der Waals surface area (Å²) in [6.07, 6.45) is 1.73. The molecule has 38 heavy (non-hydrogen) atoms. The minimum absolute atomic E-state index is 0.108. The Morgan fingerprint density at radius 3 is 2.32 bits per heavy atom. The van der Waals surface area contributed by atoms with Gasteiger partial charge in [0.25, 0.3) is 0 Å². The Kier molecular flexibility index (Phi) is 9.09. The zero-order valence-corrected chi connectivity index (χ0v) is 24.5. The fourth-order valence-corrected chi connectivity index (χ4v) is 5.70. The first kappa shape index (κ1) is 30.2. The van der Waals surface area contributed by atoms with Gasteiger partial charge in [-0.05, 0) is 70.1 Å². The van der Waals surface area contributed by atoms with Gasteiger partial charge in [0, 0.05) is 35.5 Å². The zero-order chi connectivity index (χ0) is 28.5. The number of benzene rings is 1. The molecule has 1 aromatic rings. The normalized spacial score (nSPS) is 26.1. The number of alkyl carbamates (subject to hydrolysis) is 1. The summed E-state index contributed by atoms with van der Waals surface area (Å²) in [5.41, 5.74) is -1.53. The number of carbonyl (C=O) groups excluding carboxylic acids is 3. The first-order chi connectivity index (χ1) is 17.5. The van der Waals surface area contributed by atoms with Crippen LogP contribution in [0, 0.1) is 17.3 Å². The fraction of sp³-hybridized carbons (Fsp3) is 0.690. The van der Waals surface area contributed by atoms with E-state index in [4.69, 9.17) is 16.3 Å². The van der Waals surface area contributed by atoms with E-state index in [0.717, 1.165) is 5.56 Å². The molecule has 3 N–H and O–H groups in total. The number of nitrogens with one attached hydrogen (secondary N) is 2. The molecule has 1 saturated heterocycles. The van der Waals surface area contributed by atoms with Gasteiger partial charge >= 0.3 is 6.09 Å². The first-order valence-corrected chi connectivity index (χ1v) is 14.0. The average Bonchev–Trinajstić information content (AvgIpc) is 3.26. The molecule has 0 spiro atoms. The Morgan fingerprint density at radius 2 is 1.76 bits per heavy atom. The standard InChI is InChI=1S/C29H44ClN3O5/c1-18(2)23(32-24(34)19-8-13-22(16-19)31-26(36)38-27(3,4)5)25(35)33-15-14-29(37,28(6,7)17-33)20-9-11-21(30)12-10-20/h9-12,18-19,22-23,37H,8,13-17H2,1-7H3,(H,31,36)(H,32,34)/t19-,22?,23+,29-/m0/s1. The second kappa shape index (κ2) is 11.4. The molecule has 3 amide bonds. The molecule has 9 heteroatoms. The number of nitrogens with zero attached hydrogens (tertiary/aromatic N) is 1. The zero-order valence-electron chi connectivity index (χ0n) is 23.8. The van der Waals surface area contributed by atoms with Crippen molar-refractivity contribution < 1.29 is 24.2 Å².